The second-order valence-corrected chi connectivity index (χ2v) is 20.0. The van der Waals surface area contributed by atoms with E-state index in [1.54, 1.807) is 4.90 Å². The first kappa shape index (κ1) is 38.5. The van der Waals surface area contributed by atoms with Crippen LogP contribution in [0.3, 0.4) is 0 Å². The third kappa shape index (κ3) is 7.02. The fraction of sp³-hybridized carbons (Fsp3) is 0.878. The summed E-state index contributed by atoms with van der Waals surface area (Å²) in [5, 5.41) is 13.1. The second kappa shape index (κ2) is 14.1. The number of nitrogens with two attached hydrogens (primary N) is 1. The van der Waals surface area contributed by atoms with E-state index in [-0.39, 0.29) is 45.7 Å². The summed E-state index contributed by atoms with van der Waals surface area (Å²) in [6.45, 7) is 14.6. The number of hydrogen-bond acceptors (Lipinski definition) is 7. The SMILES string of the molecule is CC(C)(C)[C@H](NC(=O)N[C@H](CN1CCNC2(CC2)C1)C1CCCCC1)C(=O)N1C[C@]2(C[C@H]1C(=O)NC(CC1CCC1)C(=O)C(N)=O)C(C)(C)C21CCC1. The predicted octanol–water partition coefficient (Wildman–Crippen LogP) is 3.61. The number of piperazine rings is 1. The van der Waals surface area contributed by atoms with Crippen molar-refractivity contribution in [2.24, 2.45) is 39.2 Å². The molecule has 7 rings (SSSR count). The molecule has 12 nitrogen and oxygen atoms in total. The number of nitrogens with zero attached hydrogens (tertiary/aromatic N) is 2. The zero-order chi connectivity index (χ0) is 38.0. The summed E-state index contributed by atoms with van der Waals surface area (Å²) in [6.07, 6.45) is 15.3. The van der Waals surface area contributed by atoms with Gasteiger partial charge in [0.1, 0.15) is 12.1 Å². The summed E-state index contributed by atoms with van der Waals surface area (Å²) in [5.41, 5.74) is 4.83. The zero-order valence-electron chi connectivity index (χ0n) is 33.1. The van der Waals surface area contributed by atoms with Crippen molar-refractivity contribution in [3.05, 3.63) is 0 Å². The monoisotopic (exact) mass is 738 g/mol. The van der Waals surface area contributed by atoms with E-state index in [0.29, 0.717) is 25.3 Å². The van der Waals surface area contributed by atoms with Crippen LogP contribution < -0.4 is 27.0 Å². The molecule has 12 heteroatoms. The van der Waals surface area contributed by atoms with Gasteiger partial charge in [-0.15, -0.1) is 0 Å². The molecule has 0 aromatic rings. The summed E-state index contributed by atoms with van der Waals surface area (Å²) >= 11 is 0. The number of hydrogen-bond donors (Lipinski definition) is 5. The number of nitrogens with one attached hydrogen (secondary N) is 4. The third-order valence-corrected chi connectivity index (χ3v) is 15.8. The summed E-state index contributed by atoms with van der Waals surface area (Å²) in [7, 11) is 0. The van der Waals surface area contributed by atoms with Gasteiger partial charge in [0, 0.05) is 49.7 Å². The lowest BCUT2D eigenvalue weighted by Gasteiger charge is -2.40. The molecule has 3 spiro atoms. The first-order chi connectivity index (χ1) is 25.0. The van der Waals surface area contributed by atoms with Crippen molar-refractivity contribution >= 4 is 29.5 Å². The molecule has 5 atom stereocenters. The average molecular weight is 738 g/mol. The quantitative estimate of drug-likeness (QED) is 0.191. The van der Waals surface area contributed by atoms with Gasteiger partial charge < -0.3 is 31.9 Å². The van der Waals surface area contributed by atoms with Crippen LogP contribution in [0.4, 0.5) is 4.79 Å². The van der Waals surface area contributed by atoms with Gasteiger partial charge in [-0.3, -0.25) is 24.1 Å². The van der Waals surface area contributed by atoms with Crippen molar-refractivity contribution < 1.29 is 24.0 Å². The molecule has 2 heterocycles. The molecule has 0 radical (unpaired) electrons. The molecule has 5 aliphatic carbocycles. The third-order valence-electron chi connectivity index (χ3n) is 15.8. The highest BCUT2D eigenvalue weighted by molar-refractivity contribution is 6.37. The van der Waals surface area contributed by atoms with E-state index in [0.717, 1.165) is 77.5 Å². The van der Waals surface area contributed by atoms with E-state index in [1.807, 2.05) is 20.8 Å². The molecular weight excluding hydrogens is 670 g/mol. The number of Topliss-reactive ketones (excluding diaryl/α,β-unsaturated/α-hetero) is 1. The average Bonchev–Trinajstić information content (AvgIpc) is 3.81. The van der Waals surface area contributed by atoms with Gasteiger partial charge in [0.15, 0.2) is 0 Å². The number of ketones is 1. The summed E-state index contributed by atoms with van der Waals surface area (Å²) in [5.74, 6) is -1.88. The maximum atomic E-state index is 15.0. The summed E-state index contributed by atoms with van der Waals surface area (Å²) < 4.78 is 0. The number of amides is 5. The van der Waals surface area contributed by atoms with Crippen molar-refractivity contribution in [2.75, 3.05) is 32.7 Å². The minimum absolute atomic E-state index is 0.0189. The molecule has 5 saturated carbocycles. The Bertz CT molecular complexity index is 1460. The first-order valence-electron chi connectivity index (χ1n) is 21.0. The molecule has 0 bridgehead atoms. The molecule has 5 amide bonds. The van der Waals surface area contributed by atoms with Gasteiger partial charge in [-0.25, -0.2) is 4.79 Å². The maximum absolute atomic E-state index is 15.0. The molecule has 1 unspecified atom stereocenters. The molecule has 0 aromatic heterocycles. The molecule has 2 aliphatic heterocycles. The van der Waals surface area contributed by atoms with Gasteiger partial charge in [-0.2, -0.15) is 0 Å². The van der Waals surface area contributed by atoms with Gasteiger partial charge in [-0.05, 0) is 79.4 Å². The number of fused-ring (bicyclic) bond motifs is 1. The standard InChI is InChI=1S/C41H67N7O5/c1-37(2,3)32(46-36(53)45-29(27-13-7-6-8-14-27)23-47-20-19-43-39(24-47)17-18-39)35(52)48-25-41(38(4,5)40(41)15-10-16-40)22-30(48)34(51)44-28(31(49)33(42)50)21-26-11-9-12-26/h26-30,32,43H,6-25H2,1-5H3,(H2,42,50)(H,44,51)(H2,45,46,53)/t28?,29-,30+,32-,41-/m1/s1. The molecule has 296 valence electrons. The highest BCUT2D eigenvalue weighted by Crippen LogP contribution is 2.88. The normalized spacial score (nSPS) is 30.5. The van der Waals surface area contributed by atoms with Crippen LogP contribution in [0.25, 0.3) is 0 Å². The number of carbonyl (C=O) groups excluding carboxylic acids is 5. The van der Waals surface area contributed by atoms with Crippen molar-refractivity contribution in [2.45, 2.75) is 161 Å². The second-order valence-electron chi connectivity index (χ2n) is 20.0. The smallest absolute Gasteiger partial charge is 0.315 e. The lowest BCUT2D eigenvalue weighted by atomic mass is 9.73. The highest BCUT2D eigenvalue weighted by atomic mass is 16.2. The van der Waals surface area contributed by atoms with E-state index in [2.05, 4.69) is 40.0 Å². The Kier molecular flexibility index (Phi) is 10.2. The Morgan fingerprint density at radius 2 is 1.55 bits per heavy atom. The van der Waals surface area contributed by atoms with Crippen molar-refractivity contribution in [1.82, 2.24) is 31.1 Å². The van der Waals surface area contributed by atoms with Crippen LogP contribution in [0.1, 0.15) is 131 Å². The van der Waals surface area contributed by atoms with Crippen molar-refractivity contribution in [3.8, 4) is 0 Å². The Balaban J connectivity index is 1.10. The van der Waals surface area contributed by atoms with E-state index in [9.17, 15) is 24.0 Å². The van der Waals surface area contributed by atoms with E-state index < -0.39 is 41.1 Å². The van der Waals surface area contributed by atoms with Crippen LogP contribution in [0.5, 0.6) is 0 Å². The van der Waals surface area contributed by atoms with Crippen LogP contribution in [0.15, 0.2) is 0 Å². The Morgan fingerprint density at radius 3 is 2.09 bits per heavy atom. The molecule has 7 fully saturated rings. The number of carbonyl (C=O) groups is 5. The molecule has 0 aromatic carbocycles. The van der Waals surface area contributed by atoms with Crippen molar-refractivity contribution in [1.29, 1.82) is 0 Å². The van der Waals surface area contributed by atoms with Gasteiger partial charge >= 0.3 is 6.03 Å². The van der Waals surface area contributed by atoms with Crippen LogP contribution in [-0.4, -0.2) is 102 Å². The van der Waals surface area contributed by atoms with Crippen LogP contribution in [0, 0.1) is 33.5 Å². The number of likely N-dealkylation sites (tertiary alicyclic amines) is 1. The Labute approximate surface area is 316 Å². The topological polar surface area (TPSA) is 166 Å². The summed E-state index contributed by atoms with van der Waals surface area (Å²) in [4.78, 5) is 72.7. The minimum atomic E-state index is -1.05. The lowest BCUT2D eigenvalue weighted by Crippen LogP contribution is -2.62. The minimum Gasteiger partial charge on any atom is -0.363 e. The molecule has 2 saturated heterocycles. The molecule has 7 aliphatic rings. The molecule has 53 heavy (non-hydrogen) atoms. The first-order valence-corrected chi connectivity index (χ1v) is 21.0. The fourth-order valence-corrected chi connectivity index (χ4v) is 11.8. The van der Waals surface area contributed by atoms with Gasteiger partial charge in [0.25, 0.3) is 5.91 Å². The fourth-order valence-electron chi connectivity index (χ4n) is 11.8. The summed E-state index contributed by atoms with van der Waals surface area (Å²) in [6, 6.07) is -3.07. The largest absolute Gasteiger partial charge is 0.363 e. The van der Waals surface area contributed by atoms with Crippen LogP contribution in [0.2, 0.25) is 0 Å². The predicted molar refractivity (Wildman–Crippen MR) is 202 cm³/mol. The van der Waals surface area contributed by atoms with Gasteiger partial charge in [-0.1, -0.05) is 79.6 Å². The lowest BCUT2D eigenvalue weighted by molar-refractivity contribution is -0.143. The van der Waals surface area contributed by atoms with Crippen molar-refractivity contribution in [3.63, 3.8) is 0 Å². The Hall–Kier alpha value is -2.73. The number of primary amides is 1. The highest BCUT2D eigenvalue weighted by Gasteiger charge is 2.85. The van der Waals surface area contributed by atoms with E-state index in [1.165, 1.54) is 32.1 Å². The zero-order valence-corrected chi connectivity index (χ0v) is 33.1. The van der Waals surface area contributed by atoms with E-state index >= 15 is 0 Å². The van der Waals surface area contributed by atoms with Crippen LogP contribution in [-0.2, 0) is 19.2 Å². The van der Waals surface area contributed by atoms with Crippen LogP contribution >= 0.6 is 0 Å². The maximum Gasteiger partial charge on any atom is 0.315 e. The van der Waals surface area contributed by atoms with Gasteiger partial charge in [0.2, 0.25) is 17.6 Å². The molecular formula is C41H67N7O5. The molecule has 6 N–H and O–H groups in total. The Morgan fingerprint density at radius 1 is 0.849 bits per heavy atom. The number of urea groups is 1. The van der Waals surface area contributed by atoms with E-state index in [4.69, 9.17) is 5.73 Å². The number of rotatable bonds is 12. The van der Waals surface area contributed by atoms with Gasteiger partial charge in [0.05, 0.1) is 6.04 Å².